The van der Waals surface area contributed by atoms with Crippen LogP contribution in [-0.4, -0.2) is 55.7 Å². The number of nitrogens with zero attached hydrogens (tertiary/aromatic N) is 2. The first-order valence-corrected chi connectivity index (χ1v) is 13.2. The quantitative estimate of drug-likeness (QED) is 0.490. The molecule has 200 valence electrons. The number of benzene rings is 2. The van der Waals surface area contributed by atoms with E-state index in [2.05, 4.69) is 15.6 Å². The Morgan fingerprint density at radius 3 is 2.59 bits per heavy atom. The molecule has 3 aliphatic rings. The minimum absolute atomic E-state index is 0.122. The first-order valence-electron chi connectivity index (χ1n) is 13.2. The molecule has 6 rings (SSSR count). The van der Waals surface area contributed by atoms with Crippen molar-refractivity contribution in [3.05, 3.63) is 94.3 Å². The van der Waals surface area contributed by atoms with E-state index < -0.39 is 0 Å². The molecule has 1 aromatic heterocycles. The van der Waals surface area contributed by atoms with Gasteiger partial charge in [-0.15, -0.1) is 0 Å². The molecular weight excluding hydrogens is 496 g/mol. The number of rotatable bonds is 7. The molecule has 2 aliphatic heterocycles. The molecule has 0 spiro atoms. The number of amides is 3. The van der Waals surface area contributed by atoms with Crippen LogP contribution in [0.4, 0.5) is 10.5 Å². The Kier molecular flexibility index (Phi) is 6.74. The number of hydrogen-bond acceptors (Lipinski definition) is 6. The number of fused-ring (bicyclic) bond motifs is 2. The summed E-state index contributed by atoms with van der Waals surface area (Å²) in [5, 5.41) is 5.69. The number of anilines is 1. The zero-order valence-electron chi connectivity index (χ0n) is 21.7. The summed E-state index contributed by atoms with van der Waals surface area (Å²) in [6.45, 7) is 2.08. The molecule has 3 aromatic rings. The van der Waals surface area contributed by atoms with E-state index in [1.54, 1.807) is 11.0 Å². The first-order chi connectivity index (χ1) is 19.0. The molecule has 1 aliphatic carbocycles. The van der Waals surface area contributed by atoms with Crippen molar-refractivity contribution in [1.29, 1.82) is 0 Å². The molecule has 1 saturated heterocycles. The van der Waals surface area contributed by atoms with Gasteiger partial charge in [0, 0.05) is 49.1 Å². The maximum absolute atomic E-state index is 13.1. The zero-order chi connectivity index (χ0) is 26.9. The third kappa shape index (κ3) is 5.09. The van der Waals surface area contributed by atoms with E-state index in [1.807, 2.05) is 48.5 Å². The fraction of sp³-hybridized carbons (Fsp3) is 0.333. The number of ether oxygens (including phenoxy) is 2. The number of nitrogens with one attached hydrogen (secondary N) is 2. The van der Waals surface area contributed by atoms with Crippen LogP contribution in [0.25, 0.3) is 0 Å². The van der Waals surface area contributed by atoms with Crippen LogP contribution >= 0.6 is 0 Å². The van der Waals surface area contributed by atoms with Gasteiger partial charge in [-0.3, -0.25) is 14.5 Å². The standard InChI is InChI=1S/C30H30N4O5/c1-31-29(36)25-14-20(28(35)33-27-23-16-38-17-24(23)27)13-21(32-25)12-19-8-5-9-26-22(19)10-11-34(26)30(37)39-15-18-6-3-2-4-7-18/h2-9,13-14,23-24,27H,10-12,15-17H2,1H3,(H,31,36)(H,33,35)/t23-,24+,27?. The van der Waals surface area contributed by atoms with Gasteiger partial charge in [0.1, 0.15) is 12.3 Å². The topological polar surface area (TPSA) is 110 Å². The van der Waals surface area contributed by atoms with Gasteiger partial charge in [-0.1, -0.05) is 42.5 Å². The van der Waals surface area contributed by atoms with Gasteiger partial charge in [-0.25, -0.2) is 9.78 Å². The first kappa shape index (κ1) is 25.1. The number of carbonyl (C=O) groups is 3. The van der Waals surface area contributed by atoms with E-state index in [0.717, 1.165) is 22.4 Å². The second-order valence-corrected chi connectivity index (χ2v) is 10.2. The molecule has 1 unspecified atom stereocenters. The van der Waals surface area contributed by atoms with Crippen molar-refractivity contribution in [2.75, 3.05) is 31.7 Å². The molecule has 2 fully saturated rings. The lowest BCUT2D eigenvalue weighted by molar-refractivity contribution is 0.0928. The summed E-state index contributed by atoms with van der Waals surface area (Å²) in [7, 11) is 1.54. The summed E-state index contributed by atoms with van der Waals surface area (Å²) in [6.07, 6.45) is 0.716. The van der Waals surface area contributed by atoms with Gasteiger partial charge < -0.3 is 20.1 Å². The number of aromatic nitrogens is 1. The highest BCUT2D eigenvalue weighted by Gasteiger charge is 2.54. The van der Waals surface area contributed by atoms with Crippen molar-refractivity contribution >= 4 is 23.6 Å². The summed E-state index contributed by atoms with van der Waals surface area (Å²) in [6, 6.07) is 18.8. The lowest BCUT2D eigenvalue weighted by atomic mass is 9.99. The van der Waals surface area contributed by atoms with Gasteiger partial charge >= 0.3 is 6.09 Å². The van der Waals surface area contributed by atoms with Crippen LogP contribution in [-0.2, 0) is 28.9 Å². The average molecular weight is 527 g/mol. The van der Waals surface area contributed by atoms with E-state index in [1.165, 1.54) is 13.1 Å². The Morgan fingerprint density at radius 1 is 1.03 bits per heavy atom. The van der Waals surface area contributed by atoms with Crippen molar-refractivity contribution in [3.63, 3.8) is 0 Å². The lowest BCUT2D eigenvalue weighted by Crippen LogP contribution is -2.30. The number of hydrogen-bond donors (Lipinski definition) is 2. The van der Waals surface area contributed by atoms with Crippen molar-refractivity contribution in [1.82, 2.24) is 15.6 Å². The Balaban J connectivity index is 1.20. The van der Waals surface area contributed by atoms with E-state index in [0.29, 0.717) is 55.7 Å². The molecule has 39 heavy (non-hydrogen) atoms. The Bertz CT molecular complexity index is 1420. The molecular formula is C30H30N4O5. The molecule has 9 heteroatoms. The van der Waals surface area contributed by atoms with E-state index in [-0.39, 0.29) is 36.3 Å². The monoisotopic (exact) mass is 526 g/mol. The molecule has 0 bridgehead atoms. The highest BCUT2D eigenvalue weighted by molar-refractivity contribution is 5.99. The maximum atomic E-state index is 13.1. The van der Waals surface area contributed by atoms with Gasteiger partial charge in [0.15, 0.2) is 0 Å². The largest absolute Gasteiger partial charge is 0.444 e. The van der Waals surface area contributed by atoms with Crippen molar-refractivity contribution < 1.29 is 23.9 Å². The van der Waals surface area contributed by atoms with Crippen LogP contribution < -0.4 is 15.5 Å². The molecule has 9 nitrogen and oxygen atoms in total. The van der Waals surface area contributed by atoms with Crippen molar-refractivity contribution in [2.45, 2.75) is 25.5 Å². The fourth-order valence-corrected chi connectivity index (χ4v) is 5.60. The van der Waals surface area contributed by atoms with Crippen LogP contribution in [0.15, 0.2) is 60.7 Å². The normalized spacial score (nSPS) is 20.6. The third-order valence-corrected chi connectivity index (χ3v) is 7.77. The fourth-order valence-electron chi connectivity index (χ4n) is 5.60. The summed E-state index contributed by atoms with van der Waals surface area (Å²) in [5.41, 5.74) is 4.99. The summed E-state index contributed by atoms with van der Waals surface area (Å²) >= 11 is 0. The number of pyridine rings is 1. The summed E-state index contributed by atoms with van der Waals surface area (Å²) in [5.74, 6) is 0.188. The summed E-state index contributed by atoms with van der Waals surface area (Å²) in [4.78, 5) is 44.7. The van der Waals surface area contributed by atoms with Crippen LogP contribution in [0, 0.1) is 11.8 Å². The molecule has 1 saturated carbocycles. The van der Waals surface area contributed by atoms with Gasteiger partial charge in [-0.05, 0) is 41.3 Å². The van der Waals surface area contributed by atoms with Gasteiger partial charge in [0.2, 0.25) is 0 Å². The van der Waals surface area contributed by atoms with Crippen LogP contribution in [0.5, 0.6) is 0 Å². The highest BCUT2D eigenvalue weighted by Crippen LogP contribution is 2.44. The maximum Gasteiger partial charge on any atom is 0.414 e. The van der Waals surface area contributed by atoms with E-state index in [4.69, 9.17) is 9.47 Å². The molecule has 2 aromatic carbocycles. The summed E-state index contributed by atoms with van der Waals surface area (Å²) < 4.78 is 11.0. The van der Waals surface area contributed by atoms with Gasteiger partial charge in [-0.2, -0.15) is 0 Å². The Morgan fingerprint density at radius 2 is 1.82 bits per heavy atom. The smallest absolute Gasteiger partial charge is 0.414 e. The van der Waals surface area contributed by atoms with E-state index >= 15 is 0 Å². The van der Waals surface area contributed by atoms with Crippen molar-refractivity contribution in [2.24, 2.45) is 11.8 Å². The predicted octanol–water partition coefficient (Wildman–Crippen LogP) is 3.11. The van der Waals surface area contributed by atoms with Crippen LogP contribution in [0.1, 0.15) is 43.2 Å². The Hall–Kier alpha value is -4.24. The molecule has 3 amide bonds. The second-order valence-electron chi connectivity index (χ2n) is 10.2. The average Bonchev–Trinajstić information content (AvgIpc) is 3.31. The molecule has 3 heterocycles. The third-order valence-electron chi connectivity index (χ3n) is 7.77. The highest BCUT2D eigenvalue weighted by atomic mass is 16.6. The Labute approximate surface area is 226 Å². The molecule has 3 atom stereocenters. The minimum Gasteiger partial charge on any atom is -0.444 e. The SMILES string of the molecule is CNC(=O)c1cc(C(=O)NC2[C@H]3COC[C@@H]23)cc(Cc2cccc3c2CCN3C(=O)OCc2ccccc2)n1. The molecule has 2 N–H and O–H groups in total. The van der Waals surface area contributed by atoms with Crippen LogP contribution in [0.2, 0.25) is 0 Å². The second kappa shape index (κ2) is 10.5. The van der Waals surface area contributed by atoms with Gasteiger partial charge in [0.05, 0.1) is 18.9 Å². The minimum atomic E-state index is -0.385. The lowest BCUT2D eigenvalue weighted by Gasteiger charge is -2.18. The zero-order valence-corrected chi connectivity index (χ0v) is 21.7. The van der Waals surface area contributed by atoms with Crippen molar-refractivity contribution in [3.8, 4) is 0 Å². The van der Waals surface area contributed by atoms with Gasteiger partial charge in [0.25, 0.3) is 11.8 Å². The molecule has 0 radical (unpaired) electrons. The number of carbonyl (C=O) groups excluding carboxylic acids is 3. The van der Waals surface area contributed by atoms with E-state index in [9.17, 15) is 14.4 Å². The predicted molar refractivity (Wildman–Crippen MR) is 144 cm³/mol. The van der Waals surface area contributed by atoms with Crippen LogP contribution in [0.3, 0.4) is 0 Å².